The SMILES string of the molecule is CC1=CC(C)N(C(N2NC(C)CC2C)C(C)(C)S)N1. The van der Waals surface area contributed by atoms with Crippen LogP contribution in [-0.2, 0) is 0 Å². The van der Waals surface area contributed by atoms with Crippen molar-refractivity contribution < 1.29 is 0 Å². The summed E-state index contributed by atoms with van der Waals surface area (Å²) in [6, 6.07) is 1.42. The number of hydrazine groups is 2. The van der Waals surface area contributed by atoms with Gasteiger partial charge in [-0.1, -0.05) is 0 Å². The van der Waals surface area contributed by atoms with Crippen LogP contribution >= 0.6 is 12.6 Å². The van der Waals surface area contributed by atoms with E-state index in [1.165, 1.54) is 12.1 Å². The molecule has 1 fully saturated rings. The summed E-state index contributed by atoms with van der Waals surface area (Å²) < 4.78 is -0.134. The number of allylic oxidation sites excluding steroid dienone is 1. The van der Waals surface area contributed by atoms with Gasteiger partial charge in [0.25, 0.3) is 0 Å². The Balaban J connectivity index is 2.23. The summed E-state index contributed by atoms with van der Waals surface area (Å²) in [5, 5.41) is 4.68. The van der Waals surface area contributed by atoms with Crippen LogP contribution in [0, 0.1) is 0 Å². The third kappa shape index (κ3) is 3.10. The van der Waals surface area contributed by atoms with Gasteiger partial charge in [-0.25, -0.2) is 5.01 Å². The van der Waals surface area contributed by atoms with E-state index < -0.39 is 0 Å². The fraction of sp³-hybridized carbons (Fsp3) is 0.857. The molecule has 2 aliphatic heterocycles. The maximum absolute atomic E-state index is 4.85. The molecule has 2 heterocycles. The second-order valence-electron chi connectivity index (χ2n) is 6.66. The van der Waals surface area contributed by atoms with Gasteiger partial charge in [0.1, 0.15) is 6.17 Å². The second kappa shape index (κ2) is 5.28. The molecule has 4 nitrogen and oxygen atoms in total. The van der Waals surface area contributed by atoms with Crippen molar-refractivity contribution in [3.63, 3.8) is 0 Å². The standard InChI is InChI=1S/C14H28N4S/c1-9-7-11(3)17(15-9)13(14(5,6)19)18-12(4)8-10(2)16-18/h7,10-13,15-16,19H,8H2,1-6H3. The summed E-state index contributed by atoms with van der Waals surface area (Å²) in [6.45, 7) is 13.2. The highest BCUT2D eigenvalue weighted by Crippen LogP contribution is 2.32. The molecule has 0 aromatic rings. The molecule has 0 aliphatic carbocycles. The Labute approximate surface area is 122 Å². The van der Waals surface area contributed by atoms with Gasteiger partial charge in [-0.05, 0) is 54.0 Å². The maximum atomic E-state index is 4.85. The van der Waals surface area contributed by atoms with Gasteiger partial charge in [0.15, 0.2) is 0 Å². The lowest BCUT2D eigenvalue weighted by atomic mass is 10.1. The van der Waals surface area contributed by atoms with Crippen molar-refractivity contribution in [1.82, 2.24) is 20.9 Å². The molecule has 5 heteroatoms. The van der Waals surface area contributed by atoms with E-state index in [4.69, 9.17) is 12.6 Å². The first-order valence-corrected chi connectivity index (χ1v) is 7.65. The quantitative estimate of drug-likeness (QED) is 0.693. The molecule has 0 aromatic carbocycles. The van der Waals surface area contributed by atoms with Crippen molar-refractivity contribution in [1.29, 1.82) is 0 Å². The van der Waals surface area contributed by atoms with Crippen LogP contribution in [0.1, 0.15) is 48.0 Å². The van der Waals surface area contributed by atoms with Gasteiger partial charge >= 0.3 is 0 Å². The maximum Gasteiger partial charge on any atom is 0.108 e. The zero-order valence-corrected chi connectivity index (χ0v) is 13.8. The second-order valence-corrected chi connectivity index (χ2v) is 7.81. The molecule has 4 atom stereocenters. The zero-order valence-electron chi connectivity index (χ0n) is 12.9. The highest BCUT2D eigenvalue weighted by molar-refractivity contribution is 7.81. The predicted molar refractivity (Wildman–Crippen MR) is 83.6 cm³/mol. The molecule has 1 saturated heterocycles. The Morgan fingerprint density at radius 3 is 2.32 bits per heavy atom. The largest absolute Gasteiger partial charge is 0.321 e. The first-order valence-electron chi connectivity index (χ1n) is 7.20. The van der Waals surface area contributed by atoms with Crippen LogP contribution in [-0.4, -0.2) is 39.1 Å². The van der Waals surface area contributed by atoms with E-state index in [-0.39, 0.29) is 10.9 Å². The van der Waals surface area contributed by atoms with Gasteiger partial charge in [-0.15, -0.1) is 0 Å². The number of rotatable bonds is 3. The van der Waals surface area contributed by atoms with Gasteiger partial charge in [0.2, 0.25) is 0 Å². The van der Waals surface area contributed by atoms with Gasteiger partial charge in [0.05, 0.1) is 0 Å². The summed E-state index contributed by atoms with van der Waals surface area (Å²) in [4.78, 5) is 0. The Hall–Kier alpha value is -0.230. The van der Waals surface area contributed by atoms with E-state index >= 15 is 0 Å². The molecule has 110 valence electrons. The van der Waals surface area contributed by atoms with Gasteiger partial charge < -0.3 is 5.43 Å². The van der Waals surface area contributed by atoms with Crippen LogP contribution in [0.5, 0.6) is 0 Å². The van der Waals surface area contributed by atoms with Crippen LogP contribution in [0.4, 0.5) is 0 Å². The molecule has 2 rings (SSSR count). The molecule has 0 bridgehead atoms. The molecule has 0 spiro atoms. The molecule has 0 amide bonds. The average molecular weight is 284 g/mol. The summed E-state index contributed by atoms with van der Waals surface area (Å²) in [5.41, 5.74) is 8.31. The lowest BCUT2D eigenvalue weighted by Gasteiger charge is -2.46. The molecule has 0 radical (unpaired) electrons. The number of hydrogen-bond donors (Lipinski definition) is 3. The van der Waals surface area contributed by atoms with Crippen LogP contribution in [0.2, 0.25) is 0 Å². The van der Waals surface area contributed by atoms with E-state index in [2.05, 4.69) is 68.5 Å². The minimum atomic E-state index is -0.134. The predicted octanol–water partition coefficient (Wildman–Crippen LogP) is 2.12. The van der Waals surface area contributed by atoms with E-state index in [0.717, 1.165) is 0 Å². The normalized spacial score (nSPS) is 35.3. The number of thiol groups is 1. The van der Waals surface area contributed by atoms with Crippen LogP contribution in [0.15, 0.2) is 11.8 Å². The van der Waals surface area contributed by atoms with Crippen molar-refractivity contribution in [3.8, 4) is 0 Å². The van der Waals surface area contributed by atoms with Crippen molar-refractivity contribution >= 4 is 12.6 Å². The summed E-state index contributed by atoms with van der Waals surface area (Å²) in [6.07, 6.45) is 3.63. The molecule has 4 unspecified atom stereocenters. The van der Waals surface area contributed by atoms with Crippen LogP contribution in [0.3, 0.4) is 0 Å². The van der Waals surface area contributed by atoms with Crippen molar-refractivity contribution in [2.75, 3.05) is 0 Å². The lowest BCUT2D eigenvalue weighted by Crippen LogP contribution is -2.65. The lowest BCUT2D eigenvalue weighted by molar-refractivity contribution is -0.0420. The monoisotopic (exact) mass is 284 g/mol. The summed E-state index contributed by atoms with van der Waals surface area (Å²) >= 11 is 4.85. The van der Waals surface area contributed by atoms with Gasteiger partial charge in [-0.3, -0.25) is 5.43 Å². The molecule has 0 aromatic heterocycles. The minimum absolute atomic E-state index is 0.134. The Bertz CT molecular complexity index is 361. The van der Waals surface area contributed by atoms with Gasteiger partial charge in [0, 0.05) is 28.6 Å². The number of nitrogens with one attached hydrogen (secondary N) is 2. The molecule has 19 heavy (non-hydrogen) atoms. The minimum Gasteiger partial charge on any atom is -0.321 e. The first kappa shape index (κ1) is 15.2. The summed E-state index contributed by atoms with van der Waals surface area (Å²) in [7, 11) is 0. The van der Waals surface area contributed by atoms with Crippen molar-refractivity contribution in [2.24, 2.45) is 0 Å². The highest BCUT2D eigenvalue weighted by atomic mass is 32.1. The molecule has 2 N–H and O–H groups in total. The third-order valence-electron chi connectivity index (χ3n) is 3.93. The smallest absolute Gasteiger partial charge is 0.108 e. The molecule has 2 aliphatic rings. The van der Waals surface area contributed by atoms with E-state index in [9.17, 15) is 0 Å². The zero-order chi connectivity index (χ0) is 14.4. The fourth-order valence-electron chi connectivity index (χ4n) is 3.25. The topological polar surface area (TPSA) is 30.5 Å². The Morgan fingerprint density at radius 2 is 1.95 bits per heavy atom. The van der Waals surface area contributed by atoms with Crippen molar-refractivity contribution in [2.45, 2.75) is 77.0 Å². The van der Waals surface area contributed by atoms with E-state index in [1.807, 2.05) is 0 Å². The number of nitrogens with zero attached hydrogens (tertiary/aromatic N) is 2. The van der Waals surface area contributed by atoms with Crippen LogP contribution < -0.4 is 10.9 Å². The summed E-state index contributed by atoms with van der Waals surface area (Å²) in [5.74, 6) is 0. The van der Waals surface area contributed by atoms with Gasteiger partial charge in [-0.2, -0.15) is 17.6 Å². The third-order valence-corrected chi connectivity index (χ3v) is 4.16. The molecule has 0 saturated carbocycles. The highest BCUT2D eigenvalue weighted by Gasteiger charge is 2.44. The average Bonchev–Trinajstić information content (AvgIpc) is 2.70. The first-order chi connectivity index (χ1) is 8.70. The van der Waals surface area contributed by atoms with Crippen LogP contribution in [0.25, 0.3) is 0 Å². The Kier molecular flexibility index (Phi) is 4.21. The molecular formula is C14H28N4S. The Morgan fingerprint density at radius 1 is 1.32 bits per heavy atom. The molecular weight excluding hydrogens is 256 g/mol. The van der Waals surface area contributed by atoms with Crippen molar-refractivity contribution in [3.05, 3.63) is 11.8 Å². The number of hydrogen-bond acceptors (Lipinski definition) is 5. The van der Waals surface area contributed by atoms with E-state index in [1.54, 1.807) is 0 Å². The fourth-order valence-corrected chi connectivity index (χ4v) is 3.50. The van der Waals surface area contributed by atoms with E-state index in [0.29, 0.717) is 18.1 Å².